The van der Waals surface area contributed by atoms with Crippen LogP contribution < -0.4 is 5.32 Å². The summed E-state index contributed by atoms with van der Waals surface area (Å²) in [5, 5.41) is 13.5. The van der Waals surface area contributed by atoms with Crippen LogP contribution in [0.5, 0.6) is 0 Å². The lowest BCUT2D eigenvalue weighted by atomic mass is 9.88. The molecule has 0 fully saturated rings. The Hall–Kier alpha value is -1.29. The maximum absolute atomic E-state index is 9.99. The molecular weight excluding hydrogens is 278 g/mol. The third kappa shape index (κ3) is 4.34. The summed E-state index contributed by atoms with van der Waals surface area (Å²) in [5.41, 5.74) is 0.806. The molecule has 0 spiro atoms. The summed E-state index contributed by atoms with van der Waals surface area (Å²) in [7, 11) is 0. The fourth-order valence-electron chi connectivity index (χ4n) is 2.52. The van der Waals surface area contributed by atoms with E-state index >= 15 is 0 Å². The van der Waals surface area contributed by atoms with Crippen molar-refractivity contribution >= 4 is 11.8 Å². The summed E-state index contributed by atoms with van der Waals surface area (Å²) >= 11 is 1.83. The van der Waals surface area contributed by atoms with Gasteiger partial charge in [-0.3, -0.25) is 0 Å². The highest BCUT2D eigenvalue weighted by molar-refractivity contribution is 7.99. The van der Waals surface area contributed by atoms with Gasteiger partial charge < -0.3 is 10.4 Å². The number of benzene rings is 2. The standard InChI is InChI=1S/C18H23NOS/c1-2-19-18(15-20,16-9-5-3-6-10-16)13-14-21-17-11-7-4-8-12-17/h3-12,19-20H,2,13-15H2,1H3. The second kappa shape index (κ2) is 8.23. The number of aliphatic hydroxyl groups is 1. The van der Waals surface area contributed by atoms with E-state index in [4.69, 9.17) is 0 Å². The quantitative estimate of drug-likeness (QED) is 0.730. The van der Waals surface area contributed by atoms with E-state index in [-0.39, 0.29) is 12.1 Å². The molecule has 2 aromatic rings. The topological polar surface area (TPSA) is 32.3 Å². The second-order valence-electron chi connectivity index (χ2n) is 5.05. The zero-order valence-electron chi connectivity index (χ0n) is 12.5. The van der Waals surface area contributed by atoms with E-state index in [9.17, 15) is 5.11 Å². The average Bonchev–Trinajstić information content (AvgIpc) is 2.56. The van der Waals surface area contributed by atoms with Crippen LogP contribution in [0.4, 0.5) is 0 Å². The van der Waals surface area contributed by atoms with Crippen molar-refractivity contribution in [2.45, 2.75) is 23.8 Å². The fourth-order valence-corrected chi connectivity index (χ4v) is 3.55. The number of likely N-dealkylation sites (N-methyl/N-ethyl adjacent to an activating group) is 1. The average molecular weight is 301 g/mol. The van der Waals surface area contributed by atoms with Crippen molar-refractivity contribution in [1.82, 2.24) is 5.32 Å². The SMILES string of the molecule is CCNC(CO)(CCSc1ccccc1)c1ccccc1. The van der Waals surface area contributed by atoms with Crippen molar-refractivity contribution in [3.63, 3.8) is 0 Å². The molecule has 1 unspecified atom stereocenters. The molecule has 0 aliphatic rings. The van der Waals surface area contributed by atoms with Gasteiger partial charge in [-0.1, -0.05) is 55.5 Å². The number of rotatable bonds is 8. The van der Waals surface area contributed by atoms with Crippen LogP contribution >= 0.6 is 11.8 Å². The number of aliphatic hydroxyl groups excluding tert-OH is 1. The van der Waals surface area contributed by atoms with Crippen LogP contribution in [-0.4, -0.2) is 24.0 Å². The first-order valence-electron chi connectivity index (χ1n) is 7.40. The van der Waals surface area contributed by atoms with Crippen LogP contribution in [0, 0.1) is 0 Å². The first-order chi connectivity index (χ1) is 10.3. The molecule has 3 heteroatoms. The summed E-state index contributed by atoms with van der Waals surface area (Å²) in [6, 6.07) is 20.6. The Morgan fingerprint density at radius 2 is 1.62 bits per heavy atom. The number of hydrogen-bond donors (Lipinski definition) is 2. The van der Waals surface area contributed by atoms with E-state index < -0.39 is 0 Å². The third-order valence-electron chi connectivity index (χ3n) is 3.65. The van der Waals surface area contributed by atoms with Gasteiger partial charge in [0.15, 0.2) is 0 Å². The molecule has 0 saturated carbocycles. The minimum Gasteiger partial charge on any atom is -0.394 e. The maximum Gasteiger partial charge on any atom is 0.0677 e. The van der Waals surface area contributed by atoms with E-state index in [1.165, 1.54) is 4.90 Å². The lowest BCUT2D eigenvalue weighted by molar-refractivity contribution is 0.158. The van der Waals surface area contributed by atoms with Gasteiger partial charge in [-0.2, -0.15) is 0 Å². The van der Waals surface area contributed by atoms with Gasteiger partial charge in [-0.25, -0.2) is 0 Å². The van der Waals surface area contributed by atoms with E-state index in [2.05, 4.69) is 48.6 Å². The molecule has 0 bridgehead atoms. The van der Waals surface area contributed by atoms with Gasteiger partial charge in [0, 0.05) is 10.6 Å². The van der Waals surface area contributed by atoms with Crippen molar-refractivity contribution in [3.05, 3.63) is 66.2 Å². The molecule has 0 heterocycles. The molecule has 21 heavy (non-hydrogen) atoms. The Morgan fingerprint density at radius 1 is 1.00 bits per heavy atom. The maximum atomic E-state index is 9.99. The Bertz CT molecular complexity index is 517. The van der Waals surface area contributed by atoms with Crippen LogP contribution in [0.2, 0.25) is 0 Å². The number of hydrogen-bond acceptors (Lipinski definition) is 3. The van der Waals surface area contributed by atoms with Crippen molar-refractivity contribution in [2.75, 3.05) is 18.9 Å². The molecule has 0 aromatic heterocycles. The molecule has 0 amide bonds. The molecule has 2 rings (SSSR count). The van der Waals surface area contributed by atoms with Crippen molar-refractivity contribution < 1.29 is 5.11 Å². The van der Waals surface area contributed by atoms with E-state index in [0.717, 1.165) is 24.3 Å². The van der Waals surface area contributed by atoms with Gasteiger partial charge in [0.2, 0.25) is 0 Å². The summed E-state index contributed by atoms with van der Waals surface area (Å²) in [5.74, 6) is 0.965. The first-order valence-corrected chi connectivity index (χ1v) is 8.38. The summed E-state index contributed by atoms with van der Waals surface area (Å²) < 4.78 is 0. The third-order valence-corrected chi connectivity index (χ3v) is 4.67. The Kier molecular flexibility index (Phi) is 6.30. The number of nitrogens with one attached hydrogen (secondary N) is 1. The van der Waals surface area contributed by atoms with Crippen LogP contribution in [0.1, 0.15) is 18.9 Å². The summed E-state index contributed by atoms with van der Waals surface area (Å²) in [6.07, 6.45) is 0.890. The van der Waals surface area contributed by atoms with Gasteiger partial charge in [0.1, 0.15) is 0 Å². The zero-order valence-corrected chi connectivity index (χ0v) is 13.3. The van der Waals surface area contributed by atoms with E-state index in [1.54, 1.807) is 0 Å². The lowest BCUT2D eigenvalue weighted by Gasteiger charge is -2.33. The van der Waals surface area contributed by atoms with Crippen LogP contribution in [0.3, 0.4) is 0 Å². The first kappa shape index (κ1) is 16.1. The van der Waals surface area contributed by atoms with Crippen molar-refractivity contribution in [2.24, 2.45) is 0 Å². The van der Waals surface area contributed by atoms with Gasteiger partial charge in [-0.05, 0) is 30.7 Å². The Labute approximate surface area is 131 Å². The molecule has 0 radical (unpaired) electrons. The minimum absolute atomic E-state index is 0.111. The fraction of sp³-hybridized carbons (Fsp3) is 0.333. The second-order valence-corrected chi connectivity index (χ2v) is 6.22. The highest BCUT2D eigenvalue weighted by Crippen LogP contribution is 2.28. The van der Waals surface area contributed by atoms with Gasteiger partial charge in [-0.15, -0.1) is 11.8 Å². The molecule has 2 aromatic carbocycles. The molecule has 0 aliphatic carbocycles. The van der Waals surface area contributed by atoms with Crippen molar-refractivity contribution in [3.8, 4) is 0 Å². The number of thioether (sulfide) groups is 1. The molecule has 2 nitrogen and oxygen atoms in total. The molecule has 1 atom stereocenters. The molecular formula is C18H23NOS. The Morgan fingerprint density at radius 3 is 2.19 bits per heavy atom. The highest BCUT2D eigenvalue weighted by atomic mass is 32.2. The minimum atomic E-state index is -0.349. The largest absolute Gasteiger partial charge is 0.394 e. The van der Waals surface area contributed by atoms with Gasteiger partial charge >= 0.3 is 0 Å². The Balaban J connectivity index is 2.06. The highest BCUT2D eigenvalue weighted by Gasteiger charge is 2.29. The van der Waals surface area contributed by atoms with E-state index in [1.807, 2.05) is 36.0 Å². The predicted molar refractivity (Wildman–Crippen MR) is 90.7 cm³/mol. The molecule has 112 valence electrons. The normalized spacial score (nSPS) is 13.8. The molecule has 0 saturated heterocycles. The van der Waals surface area contributed by atoms with Crippen LogP contribution in [-0.2, 0) is 5.54 Å². The van der Waals surface area contributed by atoms with Crippen LogP contribution in [0.25, 0.3) is 0 Å². The summed E-state index contributed by atoms with van der Waals surface area (Å²) in [6.45, 7) is 3.03. The predicted octanol–water partition coefficient (Wildman–Crippen LogP) is 3.67. The zero-order chi connectivity index (χ0) is 15.0. The monoisotopic (exact) mass is 301 g/mol. The molecule has 0 aliphatic heterocycles. The lowest BCUT2D eigenvalue weighted by Crippen LogP contribution is -2.46. The van der Waals surface area contributed by atoms with Gasteiger partial charge in [0.05, 0.1) is 12.1 Å². The van der Waals surface area contributed by atoms with E-state index in [0.29, 0.717) is 0 Å². The smallest absolute Gasteiger partial charge is 0.0677 e. The summed E-state index contributed by atoms with van der Waals surface area (Å²) in [4.78, 5) is 1.27. The van der Waals surface area contributed by atoms with Crippen LogP contribution in [0.15, 0.2) is 65.6 Å². The molecule has 2 N–H and O–H groups in total. The van der Waals surface area contributed by atoms with Crippen molar-refractivity contribution in [1.29, 1.82) is 0 Å². The van der Waals surface area contributed by atoms with Gasteiger partial charge in [0.25, 0.3) is 0 Å².